The Morgan fingerprint density at radius 1 is 1.11 bits per heavy atom. The summed E-state index contributed by atoms with van der Waals surface area (Å²) in [7, 11) is 0. The van der Waals surface area contributed by atoms with Crippen LogP contribution in [0.2, 0.25) is 0 Å². The van der Waals surface area contributed by atoms with Gasteiger partial charge in [0.1, 0.15) is 11.1 Å². The lowest BCUT2D eigenvalue weighted by Gasteiger charge is -2.33. The first kappa shape index (κ1) is 30.9. The second kappa shape index (κ2) is 13.5. The fraction of sp³-hybridized carbons (Fsp3) is 0.476. The maximum absolute atomic E-state index is 12.4. The van der Waals surface area contributed by atoms with E-state index in [2.05, 4.69) is 20.2 Å². The topological polar surface area (TPSA) is 142 Å². The van der Waals surface area contributed by atoms with E-state index in [-0.39, 0.29) is 18.1 Å². The number of aliphatic carboxylic acids is 2. The van der Waals surface area contributed by atoms with Gasteiger partial charge >= 0.3 is 24.3 Å². The molecule has 3 N–H and O–H groups in total. The third kappa shape index (κ3) is 10.2. The highest BCUT2D eigenvalue weighted by atomic mass is 32.1. The molecule has 0 aliphatic carbocycles. The minimum atomic E-state index is -5.08. The summed E-state index contributed by atoms with van der Waals surface area (Å²) in [4.78, 5) is 40.9. The first-order valence-electron chi connectivity index (χ1n) is 10.7. The number of amides is 1. The van der Waals surface area contributed by atoms with Gasteiger partial charge in [-0.2, -0.15) is 26.3 Å². The predicted octanol–water partition coefficient (Wildman–Crippen LogP) is 3.42. The molecule has 2 aromatic rings. The highest BCUT2D eigenvalue weighted by molar-refractivity contribution is 7.09. The number of ether oxygens (including phenoxy) is 1. The Bertz CT molecular complexity index is 1030. The minimum Gasteiger partial charge on any atom is -0.475 e. The van der Waals surface area contributed by atoms with Crippen molar-refractivity contribution in [1.82, 2.24) is 14.9 Å². The number of anilines is 1. The Morgan fingerprint density at radius 2 is 1.74 bits per heavy atom. The normalized spacial score (nSPS) is 21.2. The number of pyridine rings is 1. The molecule has 210 valence electrons. The summed E-state index contributed by atoms with van der Waals surface area (Å²) in [5.74, 6) is -5.11. The standard InChI is InChI=1S/C17H20N4O2S.2C2HF3O2/c22-17(20-13-2-1-4-18-9-13)14-8-12-3-6-21(10-15(12)23-14)11-16-19-5-7-24-16;2*3-2(4,5)1(6)7/h1-2,4-5,7,9,12,14-15H,3,6,8,10-11H2,(H,20,22);2*(H,6,7)/t12-,14+,15-;;/m0../s1. The van der Waals surface area contributed by atoms with Crippen LogP contribution in [0.4, 0.5) is 32.0 Å². The van der Waals surface area contributed by atoms with Gasteiger partial charge in [0.15, 0.2) is 0 Å². The van der Waals surface area contributed by atoms with E-state index < -0.39 is 24.3 Å². The van der Waals surface area contributed by atoms with E-state index in [1.165, 1.54) is 0 Å². The van der Waals surface area contributed by atoms with Crippen molar-refractivity contribution in [3.8, 4) is 0 Å². The van der Waals surface area contributed by atoms with Crippen molar-refractivity contribution in [2.45, 2.75) is 43.9 Å². The quantitative estimate of drug-likeness (QED) is 0.470. The number of fused-ring (bicyclic) bond motifs is 1. The predicted molar refractivity (Wildman–Crippen MR) is 119 cm³/mol. The van der Waals surface area contributed by atoms with Crippen molar-refractivity contribution in [3.63, 3.8) is 0 Å². The van der Waals surface area contributed by atoms with Crippen LogP contribution in [0.1, 0.15) is 17.8 Å². The molecule has 3 atom stereocenters. The molecule has 1 amide bonds. The molecule has 2 aromatic heterocycles. The van der Waals surface area contributed by atoms with Gasteiger partial charge in [-0.25, -0.2) is 14.6 Å². The number of nitrogens with zero attached hydrogens (tertiary/aromatic N) is 3. The number of halogens is 6. The molecule has 2 aliphatic rings. The van der Waals surface area contributed by atoms with E-state index >= 15 is 0 Å². The molecule has 4 heterocycles. The number of likely N-dealkylation sites (tertiary alicyclic amines) is 1. The second-order valence-corrected chi connectivity index (χ2v) is 8.92. The average Bonchev–Trinajstić information content (AvgIpc) is 3.49. The van der Waals surface area contributed by atoms with Gasteiger partial charge in [0.2, 0.25) is 0 Å². The van der Waals surface area contributed by atoms with Gasteiger partial charge in [-0.1, -0.05) is 0 Å². The number of alkyl halides is 6. The lowest BCUT2D eigenvalue weighted by Crippen LogP contribution is -2.41. The van der Waals surface area contributed by atoms with Crippen LogP contribution in [0.3, 0.4) is 0 Å². The van der Waals surface area contributed by atoms with Crippen LogP contribution in [0.5, 0.6) is 0 Å². The Labute approximate surface area is 215 Å². The molecule has 38 heavy (non-hydrogen) atoms. The lowest BCUT2D eigenvalue weighted by atomic mass is 9.91. The zero-order valence-electron chi connectivity index (χ0n) is 19.3. The monoisotopic (exact) mass is 572 g/mol. The number of hydrogen-bond acceptors (Lipinski definition) is 8. The molecule has 17 heteroatoms. The SMILES string of the molecule is O=C(Nc1cccnc1)[C@H]1C[C@@H]2CCN(Cc3nccs3)C[C@@H]2O1.O=C(O)C(F)(F)F.O=C(O)C(F)(F)F. The van der Waals surface area contributed by atoms with E-state index in [4.69, 9.17) is 24.5 Å². The van der Waals surface area contributed by atoms with Gasteiger partial charge in [-0.3, -0.25) is 14.7 Å². The van der Waals surface area contributed by atoms with Crippen LogP contribution in [0.25, 0.3) is 0 Å². The summed E-state index contributed by atoms with van der Waals surface area (Å²) in [5.41, 5.74) is 0.714. The Balaban J connectivity index is 0.000000301. The number of nitrogens with one attached hydrogen (secondary N) is 1. The van der Waals surface area contributed by atoms with E-state index in [0.717, 1.165) is 37.5 Å². The third-order valence-electron chi connectivity index (χ3n) is 5.18. The number of rotatable bonds is 4. The summed E-state index contributed by atoms with van der Waals surface area (Å²) in [6.07, 6.45) is -3.32. The molecular formula is C21H22F6N4O6S. The van der Waals surface area contributed by atoms with E-state index in [1.807, 2.05) is 17.6 Å². The smallest absolute Gasteiger partial charge is 0.475 e. The van der Waals surface area contributed by atoms with Crippen molar-refractivity contribution in [2.24, 2.45) is 5.92 Å². The van der Waals surface area contributed by atoms with Crippen LogP contribution in [0.15, 0.2) is 36.1 Å². The summed E-state index contributed by atoms with van der Waals surface area (Å²) in [6.45, 7) is 2.79. The molecule has 10 nitrogen and oxygen atoms in total. The number of carboxylic acids is 2. The Morgan fingerprint density at radius 3 is 2.24 bits per heavy atom. The zero-order chi connectivity index (χ0) is 28.5. The third-order valence-corrected chi connectivity index (χ3v) is 5.95. The van der Waals surface area contributed by atoms with Gasteiger partial charge in [0.25, 0.3) is 5.91 Å². The van der Waals surface area contributed by atoms with E-state index in [9.17, 15) is 31.1 Å². The van der Waals surface area contributed by atoms with Crippen LogP contribution in [0, 0.1) is 5.92 Å². The molecule has 0 bridgehead atoms. The summed E-state index contributed by atoms with van der Waals surface area (Å²) >= 11 is 1.68. The highest BCUT2D eigenvalue weighted by Crippen LogP contribution is 2.34. The van der Waals surface area contributed by atoms with Gasteiger partial charge in [-0.05, 0) is 37.4 Å². The fourth-order valence-electron chi connectivity index (χ4n) is 3.49. The van der Waals surface area contributed by atoms with Gasteiger partial charge in [0, 0.05) is 24.3 Å². The molecule has 2 saturated heterocycles. The molecule has 0 radical (unpaired) electrons. The highest BCUT2D eigenvalue weighted by Gasteiger charge is 2.42. The molecular weight excluding hydrogens is 550 g/mol. The fourth-order valence-corrected chi connectivity index (χ4v) is 4.15. The number of carbonyl (C=O) groups excluding carboxylic acids is 1. The first-order chi connectivity index (χ1) is 17.7. The molecule has 0 spiro atoms. The van der Waals surface area contributed by atoms with Crippen molar-refractivity contribution in [1.29, 1.82) is 0 Å². The Kier molecular flexibility index (Phi) is 11.0. The van der Waals surface area contributed by atoms with Gasteiger partial charge in [0.05, 0.1) is 24.5 Å². The molecule has 0 saturated carbocycles. The summed E-state index contributed by atoms with van der Waals surface area (Å²) in [5, 5.41) is 20.3. The maximum Gasteiger partial charge on any atom is 0.490 e. The van der Waals surface area contributed by atoms with Crippen molar-refractivity contribution < 1.29 is 55.7 Å². The molecule has 0 unspecified atom stereocenters. The van der Waals surface area contributed by atoms with Crippen LogP contribution >= 0.6 is 11.3 Å². The van der Waals surface area contributed by atoms with Crippen molar-refractivity contribution in [2.75, 3.05) is 18.4 Å². The number of hydrogen-bond donors (Lipinski definition) is 3. The zero-order valence-corrected chi connectivity index (χ0v) is 20.1. The number of thiazole rings is 1. The maximum atomic E-state index is 12.4. The van der Waals surface area contributed by atoms with Crippen molar-refractivity contribution in [3.05, 3.63) is 41.1 Å². The van der Waals surface area contributed by atoms with Gasteiger partial charge in [-0.15, -0.1) is 11.3 Å². The lowest BCUT2D eigenvalue weighted by molar-refractivity contribution is -0.193. The molecule has 2 fully saturated rings. The van der Waals surface area contributed by atoms with Gasteiger partial charge < -0.3 is 20.3 Å². The van der Waals surface area contributed by atoms with Crippen LogP contribution < -0.4 is 5.32 Å². The first-order valence-corrected chi connectivity index (χ1v) is 11.6. The summed E-state index contributed by atoms with van der Waals surface area (Å²) < 4.78 is 69.5. The van der Waals surface area contributed by atoms with Crippen molar-refractivity contribution >= 4 is 34.9 Å². The van der Waals surface area contributed by atoms with E-state index in [0.29, 0.717) is 11.6 Å². The number of carbonyl (C=O) groups is 3. The molecule has 4 rings (SSSR count). The number of piperidine rings is 1. The minimum absolute atomic E-state index is 0.0659. The second-order valence-electron chi connectivity index (χ2n) is 7.95. The van der Waals surface area contributed by atoms with Crippen LogP contribution in [-0.4, -0.2) is 80.6 Å². The van der Waals surface area contributed by atoms with Crippen LogP contribution in [-0.2, 0) is 25.7 Å². The van der Waals surface area contributed by atoms with E-state index in [1.54, 1.807) is 29.8 Å². The molecule has 0 aromatic carbocycles. The average molecular weight is 572 g/mol. The molecule has 2 aliphatic heterocycles. The Hall–Kier alpha value is -3.31. The summed E-state index contributed by atoms with van der Waals surface area (Å²) in [6, 6.07) is 3.64. The largest absolute Gasteiger partial charge is 0.490 e. The number of aromatic nitrogens is 2. The number of carboxylic acid groups (broad SMARTS) is 2.